The van der Waals surface area contributed by atoms with Crippen LogP contribution in [0, 0.1) is 17.2 Å². The summed E-state index contributed by atoms with van der Waals surface area (Å²) in [7, 11) is 0. The lowest BCUT2D eigenvalue weighted by molar-refractivity contribution is -0.117. The fourth-order valence-electron chi connectivity index (χ4n) is 2.05. The van der Waals surface area contributed by atoms with E-state index in [1.165, 1.54) is 0 Å². The predicted octanol–water partition coefficient (Wildman–Crippen LogP) is 2.43. The van der Waals surface area contributed by atoms with E-state index < -0.39 is 0 Å². The molecule has 6 heteroatoms. The van der Waals surface area contributed by atoms with E-state index in [9.17, 15) is 4.79 Å². The number of nitriles is 1. The molecule has 1 saturated heterocycles. The Morgan fingerprint density at radius 3 is 2.78 bits per heavy atom. The van der Waals surface area contributed by atoms with Crippen molar-refractivity contribution < 1.29 is 9.90 Å². The van der Waals surface area contributed by atoms with Crippen molar-refractivity contribution in [2.24, 2.45) is 5.92 Å². The molecule has 1 aromatic rings. The summed E-state index contributed by atoms with van der Waals surface area (Å²) in [6, 6.07) is 5.57. The largest absolute Gasteiger partial charge is 0.396 e. The molecule has 0 saturated carbocycles. The van der Waals surface area contributed by atoms with Gasteiger partial charge in [-0.2, -0.15) is 5.26 Å². The predicted molar refractivity (Wildman–Crippen MR) is 74.1 cm³/mol. The highest BCUT2D eigenvalue weighted by Crippen LogP contribution is 2.36. The molecule has 1 unspecified atom stereocenters. The maximum atomic E-state index is 11.9. The van der Waals surface area contributed by atoms with Gasteiger partial charge in [0.25, 0.3) is 0 Å². The molecule has 1 amide bonds. The Labute approximate surface area is 121 Å². The van der Waals surface area contributed by atoms with Crippen LogP contribution in [0.2, 0.25) is 0 Å². The van der Waals surface area contributed by atoms with Gasteiger partial charge in [-0.25, -0.2) is 0 Å². The summed E-state index contributed by atoms with van der Waals surface area (Å²) in [6.07, 6.45) is 0.323. The molecule has 1 N–H and O–H groups in total. The number of anilines is 1. The first-order valence-corrected chi connectivity index (χ1v) is 6.95. The number of rotatable bonds is 2. The number of aliphatic hydroxyl groups excluding tert-OH is 1. The molecule has 0 aromatic heterocycles. The van der Waals surface area contributed by atoms with Crippen molar-refractivity contribution in [2.45, 2.75) is 6.42 Å². The van der Waals surface area contributed by atoms with E-state index in [2.05, 4.69) is 37.9 Å². The van der Waals surface area contributed by atoms with Crippen LogP contribution in [-0.2, 0) is 4.79 Å². The summed E-state index contributed by atoms with van der Waals surface area (Å²) in [5, 5.41) is 18.3. The number of hydrogen-bond acceptors (Lipinski definition) is 3. The highest BCUT2D eigenvalue weighted by atomic mass is 79.9. The second-order valence-corrected chi connectivity index (χ2v) is 5.92. The molecule has 94 valence electrons. The Morgan fingerprint density at radius 2 is 2.22 bits per heavy atom. The molecule has 0 aliphatic carbocycles. The van der Waals surface area contributed by atoms with Gasteiger partial charge >= 0.3 is 0 Å². The van der Waals surface area contributed by atoms with Crippen LogP contribution in [0.1, 0.15) is 12.0 Å². The van der Waals surface area contributed by atoms with Gasteiger partial charge in [0.05, 0.1) is 11.3 Å². The van der Waals surface area contributed by atoms with Crippen LogP contribution in [0.15, 0.2) is 21.1 Å². The van der Waals surface area contributed by atoms with Gasteiger partial charge in [-0.3, -0.25) is 4.79 Å². The summed E-state index contributed by atoms with van der Waals surface area (Å²) in [5.41, 5.74) is 1.02. The van der Waals surface area contributed by atoms with Gasteiger partial charge in [0.1, 0.15) is 6.07 Å². The minimum absolute atomic E-state index is 0.0156. The van der Waals surface area contributed by atoms with Crippen molar-refractivity contribution in [3.8, 4) is 6.07 Å². The van der Waals surface area contributed by atoms with E-state index in [1.807, 2.05) is 0 Å². The Kier molecular flexibility index (Phi) is 4.05. The van der Waals surface area contributed by atoms with E-state index in [0.29, 0.717) is 28.7 Å². The zero-order valence-electron chi connectivity index (χ0n) is 9.36. The van der Waals surface area contributed by atoms with Crippen molar-refractivity contribution >= 4 is 43.5 Å². The van der Waals surface area contributed by atoms with Crippen LogP contribution in [-0.4, -0.2) is 24.2 Å². The monoisotopic (exact) mass is 372 g/mol. The molecule has 1 aliphatic rings. The van der Waals surface area contributed by atoms with Crippen molar-refractivity contribution in [1.29, 1.82) is 5.26 Å². The van der Waals surface area contributed by atoms with Crippen LogP contribution >= 0.6 is 31.9 Å². The highest BCUT2D eigenvalue weighted by molar-refractivity contribution is 9.11. The van der Waals surface area contributed by atoms with Crippen molar-refractivity contribution in [3.63, 3.8) is 0 Å². The Bertz CT molecular complexity index is 540. The van der Waals surface area contributed by atoms with Gasteiger partial charge in [-0.15, -0.1) is 0 Å². The number of hydrogen-bond donors (Lipinski definition) is 1. The molecule has 0 radical (unpaired) electrons. The molecule has 1 heterocycles. The van der Waals surface area contributed by atoms with Gasteiger partial charge in [-0.05, 0) is 28.1 Å². The molecule has 1 atom stereocenters. The summed E-state index contributed by atoms with van der Waals surface area (Å²) < 4.78 is 1.47. The molecule has 2 rings (SSSR count). The highest BCUT2D eigenvalue weighted by Gasteiger charge is 2.32. The molecule has 0 bridgehead atoms. The summed E-state index contributed by atoms with van der Waals surface area (Å²) in [4.78, 5) is 13.5. The number of amides is 1. The van der Waals surface area contributed by atoms with Gasteiger partial charge < -0.3 is 10.0 Å². The molecule has 0 spiro atoms. The molecular formula is C12H10Br2N2O2. The van der Waals surface area contributed by atoms with Gasteiger partial charge in [0.15, 0.2) is 0 Å². The lowest BCUT2D eigenvalue weighted by atomic mass is 10.1. The number of aliphatic hydroxyl groups is 1. The average Bonchev–Trinajstić information content (AvgIpc) is 2.69. The van der Waals surface area contributed by atoms with Crippen LogP contribution in [0.4, 0.5) is 5.69 Å². The summed E-state index contributed by atoms with van der Waals surface area (Å²) in [6.45, 7) is 0.433. The molecule has 4 nitrogen and oxygen atoms in total. The third-order valence-corrected chi connectivity index (χ3v) is 3.94. The van der Waals surface area contributed by atoms with Crippen molar-refractivity contribution in [3.05, 3.63) is 26.6 Å². The van der Waals surface area contributed by atoms with E-state index in [-0.39, 0.29) is 18.4 Å². The SMILES string of the molecule is N#Cc1cc(Br)cc(Br)c1N1CC(CO)CC1=O. The fraction of sp³-hybridized carbons (Fsp3) is 0.333. The Hall–Kier alpha value is -0.900. The number of halogens is 2. The van der Waals surface area contributed by atoms with Crippen molar-refractivity contribution in [2.75, 3.05) is 18.1 Å². The quantitative estimate of drug-likeness (QED) is 0.865. The van der Waals surface area contributed by atoms with Crippen LogP contribution in [0.3, 0.4) is 0 Å². The topological polar surface area (TPSA) is 64.3 Å². The fourth-order valence-corrected chi connectivity index (χ4v) is 3.48. The van der Waals surface area contributed by atoms with Gasteiger partial charge in [0, 0.05) is 34.4 Å². The third-order valence-electron chi connectivity index (χ3n) is 2.88. The molecule has 1 aromatic carbocycles. The number of benzene rings is 1. The zero-order chi connectivity index (χ0) is 13.3. The van der Waals surface area contributed by atoms with Crippen molar-refractivity contribution in [1.82, 2.24) is 0 Å². The zero-order valence-corrected chi connectivity index (χ0v) is 12.5. The minimum Gasteiger partial charge on any atom is -0.396 e. The Morgan fingerprint density at radius 1 is 1.50 bits per heavy atom. The van der Waals surface area contributed by atoms with Gasteiger partial charge in [0.2, 0.25) is 5.91 Å². The number of carbonyl (C=O) groups excluding carboxylic acids is 1. The summed E-state index contributed by atoms with van der Waals surface area (Å²) in [5.74, 6) is -0.117. The summed E-state index contributed by atoms with van der Waals surface area (Å²) >= 11 is 6.69. The van der Waals surface area contributed by atoms with E-state index >= 15 is 0 Å². The first-order chi connectivity index (χ1) is 8.56. The molecule has 1 aliphatic heterocycles. The third kappa shape index (κ3) is 2.44. The Balaban J connectivity index is 2.46. The second-order valence-electron chi connectivity index (χ2n) is 4.15. The van der Waals surface area contributed by atoms with E-state index in [1.54, 1.807) is 17.0 Å². The lowest BCUT2D eigenvalue weighted by Gasteiger charge is -2.19. The van der Waals surface area contributed by atoms with Crippen LogP contribution in [0.25, 0.3) is 0 Å². The van der Waals surface area contributed by atoms with Crippen LogP contribution in [0.5, 0.6) is 0 Å². The number of nitrogens with zero attached hydrogens (tertiary/aromatic N) is 2. The van der Waals surface area contributed by atoms with Crippen LogP contribution < -0.4 is 4.90 Å². The first-order valence-electron chi connectivity index (χ1n) is 5.37. The first kappa shape index (κ1) is 13.5. The maximum Gasteiger partial charge on any atom is 0.227 e. The van der Waals surface area contributed by atoms with E-state index in [4.69, 9.17) is 10.4 Å². The second kappa shape index (κ2) is 5.39. The standard InChI is InChI=1S/C12H10Br2N2O2/c13-9-2-8(4-15)12(10(14)3-9)16-5-7(6-17)1-11(16)18/h2-3,7,17H,1,5-6H2. The normalized spacial score (nSPS) is 19.1. The minimum atomic E-state index is -0.0615. The maximum absolute atomic E-state index is 11.9. The smallest absolute Gasteiger partial charge is 0.227 e. The van der Waals surface area contributed by atoms with Gasteiger partial charge in [-0.1, -0.05) is 15.9 Å². The lowest BCUT2D eigenvalue weighted by Crippen LogP contribution is -2.26. The van der Waals surface area contributed by atoms with E-state index in [0.717, 1.165) is 4.47 Å². The molecular weight excluding hydrogens is 364 g/mol. The molecule has 18 heavy (non-hydrogen) atoms. The molecule has 1 fully saturated rings. The number of carbonyl (C=O) groups is 1. The average molecular weight is 374 g/mol.